The van der Waals surface area contributed by atoms with Gasteiger partial charge in [-0.2, -0.15) is 0 Å². The average Bonchev–Trinajstić information content (AvgIpc) is 2.30. The fourth-order valence-corrected chi connectivity index (χ4v) is 2.09. The largest absolute Gasteiger partial charge is 0.345 e. The summed E-state index contributed by atoms with van der Waals surface area (Å²) in [5.41, 5.74) is 1.09. The molecule has 1 aromatic rings. The van der Waals surface area contributed by atoms with Gasteiger partial charge in [-0.3, -0.25) is 0 Å². The van der Waals surface area contributed by atoms with E-state index >= 15 is 0 Å². The third-order valence-corrected chi connectivity index (χ3v) is 2.89. The van der Waals surface area contributed by atoms with Crippen LogP contribution in [0.5, 0.6) is 0 Å². The summed E-state index contributed by atoms with van der Waals surface area (Å²) < 4.78 is 0. The Labute approximate surface area is 97.1 Å². The molecule has 1 aliphatic heterocycles. The van der Waals surface area contributed by atoms with Crippen LogP contribution in [0.15, 0.2) is 6.07 Å². The Bertz CT molecular complexity index is 345. The van der Waals surface area contributed by atoms with Gasteiger partial charge in [-0.15, -0.1) is 0 Å². The van der Waals surface area contributed by atoms with Gasteiger partial charge in [0.1, 0.15) is 11.6 Å². The van der Waals surface area contributed by atoms with Crippen LogP contribution in [0.3, 0.4) is 0 Å². The lowest BCUT2D eigenvalue weighted by Gasteiger charge is -2.26. The summed E-state index contributed by atoms with van der Waals surface area (Å²) in [5, 5.41) is 2.36. The van der Waals surface area contributed by atoms with Gasteiger partial charge in [0.25, 0.3) is 0 Å². The second-order valence-electron chi connectivity index (χ2n) is 4.39. The molecule has 88 valence electrons. The van der Waals surface area contributed by atoms with E-state index in [1.807, 2.05) is 0 Å². The van der Waals surface area contributed by atoms with Crippen LogP contribution in [0.1, 0.15) is 24.9 Å². The molecule has 1 fully saturated rings. The first kappa shape index (κ1) is 11.3. The van der Waals surface area contributed by atoms with Crippen LogP contribution in [0.2, 0.25) is 0 Å². The molecular weight excluding hydrogens is 200 g/mol. The average molecular weight is 221 g/mol. The highest BCUT2D eigenvalue weighted by molar-refractivity contribution is 5.39. The molecule has 2 rings (SSSR count). The second kappa shape index (κ2) is 5.25. The zero-order chi connectivity index (χ0) is 11.4. The lowest BCUT2D eigenvalue weighted by Crippen LogP contribution is -2.89. The third kappa shape index (κ3) is 2.70. The maximum atomic E-state index is 4.65. The van der Waals surface area contributed by atoms with Gasteiger partial charge in [-0.05, 0) is 13.3 Å². The van der Waals surface area contributed by atoms with Gasteiger partial charge in [0.05, 0.1) is 26.2 Å². The first-order valence-corrected chi connectivity index (χ1v) is 6.20. The molecule has 0 atom stereocenters. The molecule has 0 spiro atoms. The van der Waals surface area contributed by atoms with Gasteiger partial charge in [-0.25, -0.2) is 9.97 Å². The van der Waals surface area contributed by atoms with Gasteiger partial charge in [0, 0.05) is 18.2 Å². The van der Waals surface area contributed by atoms with Crippen molar-refractivity contribution < 1.29 is 5.32 Å². The highest BCUT2D eigenvalue weighted by Gasteiger charge is 2.14. The lowest BCUT2D eigenvalue weighted by molar-refractivity contribution is -0.655. The number of nitrogens with two attached hydrogens (primary N) is 1. The fourth-order valence-electron chi connectivity index (χ4n) is 2.09. The quantitative estimate of drug-likeness (QED) is 0.788. The van der Waals surface area contributed by atoms with Crippen molar-refractivity contribution in [3.05, 3.63) is 17.6 Å². The summed E-state index contributed by atoms with van der Waals surface area (Å²) >= 11 is 0. The maximum absolute atomic E-state index is 4.65. The fraction of sp³-hybridized carbons (Fsp3) is 0.667. The van der Waals surface area contributed by atoms with Crippen molar-refractivity contribution in [2.45, 2.75) is 26.7 Å². The molecule has 0 saturated carbocycles. The molecule has 1 saturated heterocycles. The summed E-state index contributed by atoms with van der Waals surface area (Å²) in [7, 11) is 0. The molecule has 0 unspecified atom stereocenters. The van der Waals surface area contributed by atoms with Crippen molar-refractivity contribution in [2.75, 3.05) is 31.1 Å². The number of hydrogen-bond acceptors (Lipinski definition) is 3. The van der Waals surface area contributed by atoms with Gasteiger partial charge >= 0.3 is 0 Å². The normalized spacial score (nSPS) is 16.5. The minimum absolute atomic E-state index is 0.981. The molecule has 0 aromatic carbocycles. The molecule has 0 radical (unpaired) electrons. The summed E-state index contributed by atoms with van der Waals surface area (Å²) in [6.45, 7) is 8.77. The first-order valence-electron chi connectivity index (χ1n) is 6.20. The molecule has 4 heteroatoms. The van der Waals surface area contributed by atoms with Crippen molar-refractivity contribution in [3.8, 4) is 0 Å². The van der Waals surface area contributed by atoms with Crippen molar-refractivity contribution in [1.29, 1.82) is 0 Å². The van der Waals surface area contributed by atoms with Crippen LogP contribution in [-0.2, 0) is 6.42 Å². The predicted octanol–water partition coefficient (Wildman–Crippen LogP) is 0.121. The summed E-state index contributed by atoms with van der Waals surface area (Å²) in [5.74, 6) is 2.11. The van der Waals surface area contributed by atoms with Crippen LogP contribution in [0.25, 0.3) is 0 Å². The van der Waals surface area contributed by atoms with E-state index in [1.165, 1.54) is 13.1 Å². The van der Waals surface area contributed by atoms with E-state index in [2.05, 4.69) is 40.1 Å². The van der Waals surface area contributed by atoms with Crippen LogP contribution in [0.4, 0.5) is 5.82 Å². The van der Waals surface area contributed by atoms with Gasteiger partial charge in [-0.1, -0.05) is 6.92 Å². The zero-order valence-corrected chi connectivity index (χ0v) is 10.2. The van der Waals surface area contributed by atoms with Gasteiger partial charge in [0.2, 0.25) is 0 Å². The molecular formula is C12H21N4+. The number of anilines is 1. The Morgan fingerprint density at radius 2 is 2.06 bits per heavy atom. The topological polar surface area (TPSA) is 45.6 Å². The van der Waals surface area contributed by atoms with E-state index in [4.69, 9.17) is 0 Å². The second-order valence-corrected chi connectivity index (χ2v) is 4.39. The Morgan fingerprint density at radius 3 is 2.75 bits per heavy atom. The number of aryl methyl sites for hydroxylation is 2. The van der Waals surface area contributed by atoms with Crippen molar-refractivity contribution in [1.82, 2.24) is 9.97 Å². The standard InChI is InChI=1S/C12H20N4/c1-3-4-11-14-10(2)9-12(15-11)16-7-5-13-6-8-16/h9,13H,3-8H2,1-2H3/p+1. The Morgan fingerprint density at radius 1 is 1.31 bits per heavy atom. The third-order valence-electron chi connectivity index (χ3n) is 2.89. The summed E-state index contributed by atoms with van der Waals surface area (Å²) in [6, 6.07) is 2.10. The number of aromatic nitrogens is 2. The molecule has 0 bridgehead atoms. The maximum Gasteiger partial charge on any atom is 0.132 e. The molecule has 2 N–H and O–H groups in total. The minimum Gasteiger partial charge on any atom is -0.345 e. The summed E-state index contributed by atoms with van der Waals surface area (Å²) in [4.78, 5) is 11.5. The number of nitrogens with zero attached hydrogens (tertiary/aromatic N) is 3. The van der Waals surface area contributed by atoms with E-state index in [0.29, 0.717) is 0 Å². The van der Waals surface area contributed by atoms with Gasteiger partial charge in [0.15, 0.2) is 0 Å². The van der Waals surface area contributed by atoms with E-state index < -0.39 is 0 Å². The highest BCUT2D eigenvalue weighted by Crippen LogP contribution is 2.13. The minimum atomic E-state index is 0.981. The van der Waals surface area contributed by atoms with Crippen molar-refractivity contribution >= 4 is 5.82 Å². The van der Waals surface area contributed by atoms with Gasteiger partial charge < -0.3 is 10.2 Å². The molecule has 4 nitrogen and oxygen atoms in total. The molecule has 2 heterocycles. The molecule has 16 heavy (non-hydrogen) atoms. The highest BCUT2D eigenvalue weighted by atomic mass is 15.2. The molecule has 1 aromatic heterocycles. The lowest BCUT2D eigenvalue weighted by atomic mass is 10.3. The number of rotatable bonds is 3. The van der Waals surface area contributed by atoms with E-state index in [-0.39, 0.29) is 0 Å². The predicted molar refractivity (Wildman–Crippen MR) is 64.6 cm³/mol. The number of hydrogen-bond donors (Lipinski definition) is 1. The first-order chi connectivity index (χ1) is 7.79. The molecule has 0 aliphatic carbocycles. The van der Waals surface area contributed by atoms with E-state index in [0.717, 1.165) is 43.3 Å². The van der Waals surface area contributed by atoms with E-state index in [9.17, 15) is 0 Å². The SMILES string of the molecule is CCCc1nc(C)cc(N2CC[NH2+]CC2)n1. The summed E-state index contributed by atoms with van der Waals surface area (Å²) in [6.07, 6.45) is 2.09. The smallest absolute Gasteiger partial charge is 0.132 e. The molecule has 0 amide bonds. The van der Waals surface area contributed by atoms with Crippen molar-refractivity contribution in [2.24, 2.45) is 0 Å². The zero-order valence-electron chi connectivity index (χ0n) is 10.2. The number of piperazine rings is 1. The van der Waals surface area contributed by atoms with Crippen LogP contribution in [-0.4, -0.2) is 36.1 Å². The Kier molecular flexibility index (Phi) is 3.72. The monoisotopic (exact) mass is 221 g/mol. The molecule has 1 aliphatic rings. The Balaban J connectivity index is 2.18. The Hall–Kier alpha value is -1.16. The van der Waals surface area contributed by atoms with Crippen molar-refractivity contribution in [3.63, 3.8) is 0 Å². The number of quaternary nitrogens is 1. The van der Waals surface area contributed by atoms with E-state index in [1.54, 1.807) is 0 Å². The van der Waals surface area contributed by atoms with Crippen LogP contribution in [0, 0.1) is 6.92 Å². The van der Waals surface area contributed by atoms with Crippen LogP contribution >= 0.6 is 0 Å². The van der Waals surface area contributed by atoms with Crippen LogP contribution < -0.4 is 10.2 Å².